The standard InChI is InChI=1S/C11H15N3OS/c1-8(2)14-5-4-10(13-14)7-16-11-12-6-9(3)15-11/h4-6,8H,7H2,1-3H3. The van der Waals surface area contributed by atoms with Crippen LogP contribution in [0.4, 0.5) is 0 Å². The van der Waals surface area contributed by atoms with Crippen LogP contribution < -0.4 is 0 Å². The Morgan fingerprint density at radius 1 is 1.50 bits per heavy atom. The van der Waals surface area contributed by atoms with Crippen LogP contribution in [0.25, 0.3) is 0 Å². The second kappa shape index (κ2) is 4.74. The number of aromatic nitrogens is 3. The molecule has 0 aliphatic rings. The van der Waals surface area contributed by atoms with E-state index in [0.717, 1.165) is 17.2 Å². The molecule has 2 heterocycles. The summed E-state index contributed by atoms with van der Waals surface area (Å²) in [5, 5.41) is 5.16. The minimum atomic E-state index is 0.405. The van der Waals surface area contributed by atoms with Crippen molar-refractivity contribution in [3.05, 3.63) is 29.9 Å². The molecule has 0 radical (unpaired) electrons. The molecule has 0 saturated carbocycles. The quantitative estimate of drug-likeness (QED) is 0.767. The smallest absolute Gasteiger partial charge is 0.256 e. The van der Waals surface area contributed by atoms with Gasteiger partial charge in [0.1, 0.15) is 5.76 Å². The molecule has 0 atom stereocenters. The zero-order valence-electron chi connectivity index (χ0n) is 9.67. The van der Waals surface area contributed by atoms with Gasteiger partial charge in [-0.1, -0.05) is 11.8 Å². The first-order valence-corrected chi connectivity index (χ1v) is 6.23. The maximum Gasteiger partial charge on any atom is 0.256 e. The van der Waals surface area contributed by atoms with Crippen molar-refractivity contribution in [1.82, 2.24) is 14.8 Å². The van der Waals surface area contributed by atoms with Crippen molar-refractivity contribution >= 4 is 11.8 Å². The van der Waals surface area contributed by atoms with Crippen LogP contribution in [-0.2, 0) is 5.75 Å². The predicted molar refractivity (Wildman–Crippen MR) is 63.4 cm³/mol. The Hall–Kier alpha value is -1.23. The molecule has 0 saturated heterocycles. The lowest BCUT2D eigenvalue weighted by molar-refractivity contribution is 0.431. The highest BCUT2D eigenvalue weighted by atomic mass is 32.2. The monoisotopic (exact) mass is 237 g/mol. The summed E-state index contributed by atoms with van der Waals surface area (Å²) in [6, 6.07) is 2.44. The molecular weight excluding hydrogens is 222 g/mol. The highest BCUT2D eigenvalue weighted by Gasteiger charge is 2.05. The van der Waals surface area contributed by atoms with Crippen molar-refractivity contribution in [3.63, 3.8) is 0 Å². The van der Waals surface area contributed by atoms with Crippen molar-refractivity contribution in [2.45, 2.75) is 37.8 Å². The zero-order chi connectivity index (χ0) is 11.5. The van der Waals surface area contributed by atoms with E-state index in [9.17, 15) is 0 Å². The van der Waals surface area contributed by atoms with Gasteiger partial charge in [-0.15, -0.1) is 0 Å². The first-order chi connectivity index (χ1) is 7.65. The Morgan fingerprint density at radius 3 is 2.88 bits per heavy atom. The van der Waals surface area contributed by atoms with E-state index in [4.69, 9.17) is 4.42 Å². The molecule has 0 aliphatic carbocycles. The van der Waals surface area contributed by atoms with Crippen molar-refractivity contribution in [2.24, 2.45) is 0 Å². The molecule has 2 rings (SSSR count). The van der Waals surface area contributed by atoms with Gasteiger partial charge in [-0.2, -0.15) is 5.10 Å². The van der Waals surface area contributed by atoms with E-state index in [1.54, 1.807) is 18.0 Å². The van der Waals surface area contributed by atoms with Crippen molar-refractivity contribution in [3.8, 4) is 0 Å². The fourth-order valence-electron chi connectivity index (χ4n) is 1.28. The van der Waals surface area contributed by atoms with Crippen LogP contribution in [0.2, 0.25) is 0 Å². The number of oxazole rings is 1. The molecule has 0 aromatic carbocycles. The Labute approximate surface area is 99.1 Å². The van der Waals surface area contributed by atoms with E-state index in [1.807, 2.05) is 23.9 Å². The summed E-state index contributed by atoms with van der Waals surface area (Å²) in [5.41, 5.74) is 1.05. The van der Waals surface area contributed by atoms with Crippen LogP contribution >= 0.6 is 11.8 Å². The summed E-state index contributed by atoms with van der Waals surface area (Å²) < 4.78 is 7.33. The minimum absolute atomic E-state index is 0.405. The van der Waals surface area contributed by atoms with Gasteiger partial charge in [0.25, 0.3) is 5.22 Å². The fourth-order valence-corrected chi connectivity index (χ4v) is 2.02. The Kier molecular flexibility index (Phi) is 3.33. The lowest BCUT2D eigenvalue weighted by Gasteiger charge is -2.03. The number of rotatable bonds is 4. The lowest BCUT2D eigenvalue weighted by atomic mass is 10.4. The van der Waals surface area contributed by atoms with Gasteiger partial charge in [0.15, 0.2) is 0 Å². The van der Waals surface area contributed by atoms with E-state index >= 15 is 0 Å². The van der Waals surface area contributed by atoms with Gasteiger partial charge in [-0.05, 0) is 26.8 Å². The van der Waals surface area contributed by atoms with E-state index in [-0.39, 0.29) is 0 Å². The lowest BCUT2D eigenvalue weighted by Crippen LogP contribution is -2.01. The van der Waals surface area contributed by atoms with Crippen LogP contribution in [0.15, 0.2) is 28.1 Å². The highest BCUT2D eigenvalue weighted by molar-refractivity contribution is 7.98. The molecule has 0 amide bonds. The maximum absolute atomic E-state index is 5.38. The van der Waals surface area contributed by atoms with E-state index in [0.29, 0.717) is 11.3 Å². The molecule has 16 heavy (non-hydrogen) atoms. The average molecular weight is 237 g/mol. The number of nitrogens with zero attached hydrogens (tertiary/aromatic N) is 3. The van der Waals surface area contributed by atoms with Gasteiger partial charge < -0.3 is 4.42 Å². The Bertz CT molecular complexity index is 461. The van der Waals surface area contributed by atoms with Crippen LogP contribution in [0.1, 0.15) is 31.3 Å². The third-order valence-electron chi connectivity index (χ3n) is 2.14. The summed E-state index contributed by atoms with van der Waals surface area (Å²) in [6.45, 7) is 6.12. The third-order valence-corrected chi connectivity index (χ3v) is 3.01. The topological polar surface area (TPSA) is 43.9 Å². The second-order valence-electron chi connectivity index (χ2n) is 3.91. The third kappa shape index (κ3) is 2.66. The Morgan fingerprint density at radius 2 is 2.31 bits per heavy atom. The molecule has 5 heteroatoms. The molecule has 2 aromatic rings. The van der Waals surface area contributed by atoms with Gasteiger partial charge in [0, 0.05) is 18.0 Å². The van der Waals surface area contributed by atoms with Crippen molar-refractivity contribution in [2.75, 3.05) is 0 Å². The average Bonchev–Trinajstić information content (AvgIpc) is 2.83. The first-order valence-electron chi connectivity index (χ1n) is 5.24. The molecule has 4 nitrogen and oxygen atoms in total. The van der Waals surface area contributed by atoms with Crippen molar-refractivity contribution in [1.29, 1.82) is 0 Å². The second-order valence-corrected chi connectivity index (χ2v) is 4.83. The molecule has 86 valence electrons. The molecule has 0 N–H and O–H groups in total. The van der Waals surface area contributed by atoms with E-state index in [2.05, 4.69) is 23.9 Å². The number of hydrogen-bond acceptors (Lipinski definition) is 4. The van der Waals surface area contributed by atoms with Crippen molar-refractivity contribution < 1.29 is 4.42 Å². The number of aryl methyl sites for hydroxylation is 1. The summed E-state index contributed by atoms with van der Waals surface area (Å²) in [5.74, 6) is 1.63. The van der Waals surface area contributed by atoms with Crippen LogP contribution in [-0.4, -0.2) is 14.8 Å². The summed E-state index contributed by atoms with van der Waals surface area (Å²) in [6.07, 6.45) is 3.73. The molecule has 0 bridgehead atoms. The normalized spacial score (nSPS) is 11.2. The molecule has 2 aromatic heterocycles. The molecule has 0 unspecified atom stereocenters. The van der Waals surface area contributed by atoms with E-state index < -0.39 is 0 Å². The summed E-state index contributed by atoms with van der Waals surface area (Å²) in [4.78, 5) is 4.13. The molecular formula is C11H15N3OS. The van der Waals surface area contributed by atoms with Gasteiger partial charge in [-0.25, -0.2) is 4.98 Å². The van der Waals surface area contributed by atoms with E-state index in [1.165, 1.54) is 0 Å². The zero-order valence-corrected chi connectivity index (χ0v) is 10.5. The number of hydrogen-bond donors (Lipinski definition) is 0. The number of thioether (sulfide) groups is 1. The van der Waals surface area contributed by atoms with Crippen LogP contribution in [0, 0.1) is 6.92 Å². The SMILES string of the molecule is Cc1cnc(SCc2ccn(C(C)C)n2)o1. The maximum atomic E-state index is 5.38. The van der Waals surface area contributed by atoms with Crippen LogP contribution in [0.5, 0.6) is 0 Å². The fraction of sp³-hybridized carbons (Fsp3) is 0.455. The largest absolute Gasteiger partial charge is 0.437 e. The Balaban J connectivity index is 1.94. The predicted octanol–water partition coefficient (Wildman–Crippen LogP) is 3.05. The first kappa shape index (κ1) is 11.3. The van der Waals surface area contributed by atoms with Gasteiger partial charge in [0.05, 0.1) is 11.9 Å². The van der Waals surface area contributed by atoms with Crippen LogP contribution in [0.3, 0.4) is 0 Å². The van der Waals surface area contributed by atoms with Gasteiger partial charge >= 0.3 is 0 Å². The molecule has 0 aliphatic heterocycles. The van der Waals surface area contributed by atoms with Gasteiger partial charge in [-0.3, -0.25) is 4.68 Å². The highest BCUT2D eigenvalue weighted by Crippen LogP contribution is 2.21. The van der Waals surface area contributed by atoms with Gasteiger partial charge in [0.2, 0.25) is 0 Å². The summed E-state index contributed by atoms with van der Waals surface area (Å²) in [7, 11) is 0. The molecule has 0 spiro atoms. The molecule has 0 fully saturated rings. The minimum Gasteiger partial charge on any atom is -0.437 e. The summed E-state index contributed by atoms with van der Waals surface area (Å²) >= 11 is 1.57.